The van der Waals surface area contributed by atoms with Gasteiger partial charge in [0.15, 0.2) is 0 Å². The number of nitrogens with one attached hydrogen (secondary N) is 1. The molecule has 88 valence electrons. The van der Waals surface area contributed by atoms with Gasteiger partial charge in [-0.25, -0.2) is 4.98 Å². The zero-order valence-electron chi connectivity index (χ0n) is 9.68. The highest BCUT2D eigenvalue weighted by Gasteiger charge is 2.10. The van der Waals surface area contributed by atoms with Crippen molar-refractivity contribution in [2.45, 2.75) is 19.9 Å². The van der Waals surface area contributed by atoms with E-state index >= 15 is 0 Å². The Labute approximate surface area is 105 Å². The predicted molar refractivity (Wildman–Crippen MR) is 68.1 cm³/mol. The number of aromatic nitrogens is 3. The molecule has 0 radical (unpaired) electrons. The molecule has 1 unspecified atom stereocenters. The molecule has 0 saturated heterocycles. The van der Waals surface area contributed by atoms with Gasteiger partial charge in [0, 0.05) is 12.4 Å². The second-order valence-electron chi connectivity index (χ2n) is 3.74. The van der Waals surface area contributed by atoms with Gasteiger partial charge in [0.05, 0.1) is 17.4 Å². The molecule has 0 spiro atoms. The largest absolute Gasteiger partial charge is 0.362 e. The van der Waals surface area contributed by atoms with Crippen LogP contribution >= 0.6 is 11.6 Å². The van der Waals surface area contributed by atoms with Gasteiger partial charge in [-0.1, -0.05) is 17.7 Å². The maximum Gasteiger partial charge on any atom is 0.131 e. The summed E-state index contributed by atoms with van der Waals surface area (Å²) in [6.45, 7) is 3.95. The van der Waals surface area contributed by atoms with Crippen molar-refractivity contribution in [3.63, 3.8) is 0 Å². The fourth-order valence-electron chi connectivity index (χ4n) is 1.62. The SMILES string of the molecule is Cc1nccnc1C(C)Nc1cccc(Cl)n1. The van der Waals surface area contributed by atoms with Crippen LogP contribution in [0.15, 0.2) is 30.6 Å². The number of anilines is 1. The van der Waals surface area contributed by atoms with Crippen LogP contribution in [-0.4, -0.2) is 15.0 Å². The average molecular weight is 249 g/mol. The van der Waals surface area contributed by atoms with Crippen LogP contribution < -0.4 is 5.32 Å². The molecule has 17 heavy (non-hydrogen) atoms. The van der Waals surface area contributed by atoms with Gasteiger partial charge in [-0.3, -0.25) is 9.97 Å². The Balaban J connectivity index is 2.17. The summed E-state index contributed by atoms with van der Waals surface area (Å²) in [4.78, 5) is 12.7. The normalized spacial score (nSPS) is 12.2. The summed E-state index contributed by atoms with van der Waals surface area (Å²) >= 11 is 5.83. The summed E-state index contributed by atoms with van der Waals surface area (Å²) in [6.07, 6.45) is 3.37. The smallest absolute Gasteiger partial charge is 0.131 e. The maximum absolute atomic E-state index is 5.83. The lowest BCUT2D eigenvalue weighted by molar-refractivity contribution is 0.804. The maximum atomic E-state index is 5.83. The van der Waals surface area contributed by atoms with Crippen molar-refractivity contribution in [1.29, 1.82) is 0 Å². The van der Waals surface area contributed by atoms with E-state index < -0.39 is 0 Å². The molecular weight excluding hydrogens is 236 g/mol. The van der Waals surface area contributed by atoms with Gasteiger partial charge in [-0.05, 0) is 26.0 Å². The van der Waals surface area contributed by atoms with Gasteiger partial charge in [0.2, 0.25) is 0 Å². The van der Waals surface area contributed by atoms with E-state index in [1.165, 1.54) is 0 Å². The van der Waals surface area contributed by atoms with Crippen molar-refractivity contribution in [3.8, 4) is 0 Å². The van der Waals surface area contributed by atoms with E-state index in [0.717, 1.165) is 17.2 Å². The highest BCUT2D eigenvalue weighted by atomic mass is 35.5. The first-order chi connectivity index (χ1) is 8.16. The molecule has 2 aromatic rings. The van der Waals surface area contributed by atoms with E-state index in [1.54, 1.807) is 18.5 Å². The number of rotatable bonds is 3. The summed E-state index contributed by atoms with van der Waals surface area (Å²) in [5.41, 5.74) is 1.82. The van der Waals surface area contributed by atoms with Crippen molar-refractivity contribution in [3.05, 3.63) is 47.1 Å². The van der Waals surface area contributed by atoms with Gasteiger partial charge in [0.1, 0.15) is 11.0 Å². The molecule has 0 aliphatic heterocycles. The zero-order valence-corrected chi connectivity index (χ0v) is 10.4. The molecule has 0 saturated carbocycles. The van der Waals surface area contributed by atoms with Crippen molar-refractivity contribution in [2.75, 3.05) is 5.32 Å². The first kappa shape index (κ1) is 11.8. The van der Waals surface area contributed by atoms with E-state index in [4.69, 9.17) is 11.6 Å². The molecule has 1 N–H and O–H groups in total. The molecule has 2 rings (SSSR count). The van der Waals surface area contributed by atoms with Crippen molar-refractivity contribution < 1.29 is 0 Å². The average Bonchev–Trinajstić information content (AvgIpc) is 2.29. The third kappa shape index (κ3) is 2.91. The van der Waals surface area contributed by atoms with E-state index in [9.17, 15) is 0 Å². The highest BCUT2D eigenvalue weighted by Crippen LogP contribution is 2.18. The molecule has 0 amide bonds. The van der Waals surface area contributed by atoms with Crippen LogP contribution in [0.1, 0.15) is 24.4 Å². The summed E-state index contributed by atoms with van der Waals surface area (Å²) in [5.74, 6) is 0.732. The van der Waals surface area contributed by atoms with Crippen LogP contribution in [0.4, 0.5) is 5.82 Å². The van der Waals surface area contributed by atoms with E-state index in [0.29, 0.717) is 5.15 Å². The Morgan fingerprint density at radius 1 is 1.24 bits per heavy atom. The molecule has 4 nitrogen and oxygen atoms in total. The molecule has 5 heteroatoms. The lowest BCUT2D eigenvalue weighted by Crippen LogP contribution is -2.11. The summed E-state index contributed by atoms with van der Waals surface area (Å²) in [5, 5.41) is 3.71. The van der Waals surface area contributed by atoms with Gasteiger partial charge in [0.25, 0.3) is 0 Å². The number of aryl methyl sites for hydroxylation is 1. The van der Waals surface area contributed by atoms with Crippen LogP contribution in [-0.2, 0) is 0 Å². The van der Waals surface area contributed by atoms with E-state index in [1.807, 2.05) is 26.0 Å². The van der Waals surface area contributed by atoms with Gasteiger partial charge in [-0.15, -0.1) is 0 Å². The minimum atomic E-state index is 0.0367. The molecule has 2 aromatic heterocycles. The number of hydrogen-bond acceptors (Lipinski definition) is 4. The van der Waals surface area contributed by atoms with Gasteiger partial charge in [-0.2, -0.15) is 0 Å². The second-order valence-corrected chi connectivity index (χ2v) is 4.13. The highest BCUT2D eigenvalue weighted by molar-refractivity contribution is 6.29. The molecule has 0 aliphatic rings. The number of nitrogens with zero attached hydrogens (tertiary/aromatic N) is 3. The predicted octanol–water partition coefficient (Wildman–Crippen LogP) is 3.01. The number of halogens is 1. The van der Waals surface area contributed by atoms with E-state index in [2.05, 4.69) is 20.3 Å². The lowest BCUT2D eigenvalue weighted by Gasteiger charge is -2.15. The molecule has 0 fully saturated rings. The number of hydrogen-bond donors (Lipinski definition) is 1. The summed E-state index contributed by atoms with van der Waals surface area (Å²) in [7, 11) is 0. The Hall–Kier alpha value is -1.68. The fourth-order valence-corrected chi connectivity index (χ4v) is 1.79. The number of pyridine rings is 1. The van der Waals surface area contributed by atoms with Crippen molar-refractivity contribution >= 4 is 17.4 Å². The standard InChI is InChI=1S/C12H13ClN4/c1-8-12(15-7-6-14-8)9(2)16-11-5-3-4-10(13)17-11/h3-7,9H,1-2H3,(H,16,17). The van der Waals surface area contributed by atoms with Crippen LogP contribution in [0.5, 0.6) is 0 Å². The second kappa shape index (κ2) is 5.10. The van der Waals surface area contributed by atoms with Crippen LogP contribution in [0, 0.1) is 6.92 Å². The molecule has 1 atom stereocenters. The molecule has 0 aliphatic carbocycles. The first-order valence-electron chi connectivity index (χ1n) is 5.33. The fraction of sp³-hybridized carbons (Fsp3) is 0.250. The Morgan fingerprint density at radius 3 is 2.71 bits per heavy atom. The molecule has 0 bridgehead atoms. The quantitative estimate of drug-likeness (QED) is 0.849. The van der Waals surface area contributed by atoms with Crippen LogP contribution in [0.25, 0.3) is 0 Å². The third-order valence-electron chi connectivity index (χ3n) is 2.41. The Morgan fingerprint density at radius 2 is 2.00 bits per heavy atom. The topological polar surface area (TPSA) is 50.7 Å². The lowest BCUT2D eigenvalue weighted by atomic mass is 10.2. The van der Waals surface area contributed by atoms with Crippen molar-refractivity contribution in [1.82, 2.24) is 15.0 Å². The minimum Gasteiger partial charge on any atom is -0.362 e. The Kier molecular flexibility index (Phi) is 3.54. The summed E-state index contributed by atoms with van der Waals surface area (Å²) in [6, 6.07) is 5.50. The molecular formula is C12H13ClN4. The molecule has 0 aromatic carbocycles. The van der Waals surface area contributed by atoms with Crippen LogP contribution in [0.3, 0.4) is 0 Å². The van der Waals surface area contributed by atoms with Gasteiger partial charge >= 0.3 is 0 Å². The third-order valence-corrected chi connectivity index (χ3v) is 2.62. The summed E-state index contributed by atoms with van der Waals surface area (Å²) < 4.78 is 0. The Bertz CT molecular complexity index is 515. The first-order valence-corrected chi connectivity index (χ1v) is 5.71. The van der Waals surface area contributed by atoms with Gasteiger partial charge < -0.3 is 5.32 Å². The van der Waals surface area contributed by atoms with Crippen LogP contribution in [0.2, 0.25) is 5.15 Å². The van der Waals surface area contributed by atoms with Crippen molar-refractivity contribution in [2.24, 2.45) is 0 Å². The monoisotopic (exact) mass is 248 g/mol. The molecule has 2 heterocycles. The van der Waals surface area contributed by atoms with E-state index in [-0.39, 0.29) is 6.04 Å². The minimum absolute atomic E-state index is 0.0367. The zero-order chi connectivity index (χ0) is 12.3.